The van der Waals surface area contributed by atoms with Crippen molar-refractivity contribution in [3.8, 4) is 11.5 Å². The number of carbonyl (C=O) groups excluding carboxylic acids is 1. The van der Waals surface area contributed by atoms with Crippen LogP contribution in [0.2, 0.25) is 0 Å². The van der Waals surface area contributed by atoms with Gasteiger partial charge in [0.15, 0.2) is 5.78 Å². The molecule has 0 N–H and O–H groups in total. The Bertz CT molecular complexity index is 713. The summed E-state index contributed by atoms with van der Waals surface area (Å²) in [6.07, 6.45) is 0. The van der Waals surface area contributed by atoms with E-state index in [9.17, 15) is 4.79 Å². The molecular formula is C25H34O5. The minimum absolute atomic E-state index is 0.0415. The molecule has 5 nitrogen and oxygen atoms in total. The zero-order valence-electron chi connectivity index (χ0n) is 19.0. The molecule has 0 saturated heterocycles. The lowest BCUT2D eigenvalue weighted by Gasteiger charge is -2.19. The first-order chi connectivity index (χ1) is 14.0. The van der Waals surface area contributed by atoms with Crippen molar-refractivity contribution in [1.29, 1.82) is 0 Å². The fraction of sp³-hybridized carbons (Fsp3) is 0.480. The predicted molar refractivity (Wildman–Crippen MR) is 119 cm³/mol. The number of hydrogen-bond donors (Lipinski definition) is 0. The maximum atomic E-state index is 12.7. The first kappa shape index (κ1) is 23.9. The van der Waals surface area contributed by atoms with Gasteiger partial charge in [0.05, 0.1) is 24.4 Å². The number of benzene rings is 2. The predicted octanol–water partition coefficient (Wildman–Crippen LogP) is 5.31. The lowest BCUT2D eigenvalue weighted by atomic mass is 10.0. The van der Waals surface area contributed by atoms with Gasteiger partial charge in [0, 0.05) is 11.1 Å². The summed E-state index contributed by atoms with van der Waals surface area (Å²) in [5.74, 6) is 1.38. The third-order valence-corrected chi connectivity index (χ3v) is 4.01. The van der Waals surface area contributed by atoms with Crippen molar-refractivity contribution in [2.45, 2.75) is 52.7 Å². The van der Waals surface area contributed by atoms with E-state index in [2.05, 4.69) is 0 Å². The molecule has 0 aromatic heterocycles. The Morgan fingerprint density at radius 3 is 1.23 bits per heavy atom. The molecule has 5 heteroatoms. The Balaban J connectivity index is 1.83. The minimum Gasteiger partial charge on any atom is -0.491 e. The Morgan fingerprint density at radius 2 is 0.933 bits per heavy atom. The largest absolute Gasteiger partial charge is 0.491 e. The van der Waals surface area contributed by atoms with Crippen molar-refractivity contribution < 1.29 is 23.7 Å². The van der Waals surface area contributed by atoms with E-state index in [0.717, 1.165) is 0 Å². The second-order valence-electron chi connectivity index (χ2n) is 9.00. The topological polar surface area (TPSA) is 54.0 Å². The molecule has 30 heavy (non-hydrogen) atoms. The molecule has 0 aliphatic rings. The molecule has 0 unspecified atom stereocenters. The van der Waals surface area contributed by atoms with Gasteiger partial charge in [0.1, 0.15) is 24.7 Å². The van der Waals surface area contributed by atoms with Gasteiger partial charge in [-0.1, -0.05) is 0 Å². The number of ketones is 1. The maximum absolute atomic E-state index is 12.7. The molecule has 0 aliphatic carbocycles. The maximum Gasteiger partial charge on any atom is 0.193 e. The third-order valence-electron chi connectivity index (χ3n) is 4.01. The molecule has 0 amide bonds. The van der Waals surface area contributed by atoms with E-state index in [1.807, 2.05) is 41.5 Å². The summed E-state index contributed by atoms with van der Waals surface area (Å²) >= 11 is 0. The molecule has 0 bridgehead atoms. The molecule has 2 rings (SSSR count). The number of hydrogen-bond acceptors (Lipinski definition) is 5. The molecule has 0 saturated carbocycles. The molecule has 164 valence electrons. The number of rotatable bonds is 10. The lowest BCUT2D eigenvalue weighted by molar-refractivity contribution is -0.0165. The summed E-state index contributed by atoms with van der Waals surface area (Å²) < 4.78 is 22.6. The molecule has 0 fully saturated rings. The van der Waals surface area contributed by atoms with Crippen LogP contribution in [-0.4, -0.2) is 43.4 Å². The van der Waals surface area contributed by atoms with E-state index in [4.69, 9.17) is 18.9 Å². The van der Waals surface area contributed by atoms with Gasteiger partial charge in [0.25, 0.3) is 0 Å². The Hall–Kier alpha value is -2.37. The van der Waals surface area contributed by atoms with Crippen molar-refractivity contribution in [2.75, 3.05) is 26.4 Å². The average molecular weight is 415 g/mol. The zero-order valence-corrected chi connectivity index (χ0v) is 19.0. The molecule has 0 spiro atoms. The summed E-state index contributed by atoms with van der Waals surface area (Å²) in [6.45, 7) is 14.0. The number of ether oxygens (including phenoxy) is 4. The lowest BCUT2D eigenvalue weighted by Crippen LogP contribution is -2.22. The zero-order chi connectivity index (χ0) is 22.2. The third kappa shape index (κ3) is 8.97. The molecular weight excluding hydrogens is 380 g/mol. The van der Waals surface area contributed by atoms with E-state index in [-0.39, 0.29) is 17.0 Å². The highest BCUT2D eigenvalue weighted by Crippen LogP contribution is 2.18. The van der Waals surface area contributed by atoms with Crippen LogP contribution in [0.5, 0.6) is 11.5 Å². The second kappa shape index (κ2) is 10.6. The quantitative estimate of drug-likeness (QED) is 0.390. The summed E-state index contributed by atoms with van der Waals surface area (Å²) in [6, 6.07) is 14.3. The van der Waals surface area contributed by atoms with Gasteiger partial charge in [-0.3, -0.25) is 4.79 Å². The minimum atomic E-state index is -0.180. The van der Waals surface area contributed by atoms with Gasteiger partial charge in [-0.15, -0.1) is 0 Å². The first-order valence-corrected chi connectivity index (χ1v) is 10.3. The van der Waals surface area contributed by atoms with Crippen LogP contribution in [-0.2, 0) is 9.47 Å². The van der Waals surface area contributed by atoms with E-state index in [0.29, 0.717) is 49.1 Å². The van der Waals surface area contributed by atoms with Gasteiger partial charge >= 0.3 is 0 Å². The number of carbonyl (C=O) groups is 1. The Morgan fingerprint density at radius 1 is 0.600 bits per heavy atom. The Labute approximate surface area is 180 Å². The van der Waals surface area contributed by atoms with Crippen LogP contribution in [0.1, 0.15) is 57.5 Å². The van der Waals surface area contributed by atoms with E-state index in [1.54, 1.807) is 48.5 Å². The van der Waals surface area contributed by atoms with Crippen molar-refractivity contribution in [3.05, 3.63) is 59.7 Å². The van der Waals surface area contributed by atoms with Crippen molar-refractivity contribution in [1.82, 2.24) is 0 Å². The fourth-order valence-electron chi connectivity index (χ4n) is 2.59. The summed E-state index contributed by atoms with van der Waals surface area (Å²) in [5.41, 5.74) is 0.863. The van der Waals surface area contributed by atoms with E-state index >= 15 is 0 Å². The summed E-state index contributed by atoms with van der Waals surface area (Å²) in [5, 5.41) is 0. The molecule has 0 radical (unpaired) electrons. The van der Waals surface area contributed by atoms with E-state index < -0.39 is 0 Å². The van der Waals surface area contributed by atoms with Crippen LogP contribution in [0.25, 0.3) is 0 Å². The van der Waals surface area contributed by atoms with Gasteiger partial charge in [-0.2, -0.15) is 0 Å². The Kier molecular flexibility index (Phi) is 8.44. The van der Waals surface area contributed by atoms with Crippen LogP contribution >= 0.6 is 0 Å². The van der Waals surface area contributed by atoms with Crippen LogP contribution in [0.15, 0.2) is 48.5 Å². The smallest absolute Gasteiger partial charge is 0.193 e. The van der Waals surface area contributed by atoms with Gasteiger partial charge in [0.2, 0.25) is 0 Å². The highest BCUT2D eigenvalue weighted by molar-refractivity contribution is 6.09. The average Bonchev–Trinajstić information content (AvgIpc) is 2.68. The van der Waals surface area contributed by atoms with Crippen LogP contribution in [0, 0.1) is 0 Å². The van der Waals surface area contributed by atoms with Crippen molar-refractivity contribution in [3.63, 3.8) is 0 Å². The summed E-state index contributed by atoms with van der Waals surface area (Å²) in [7, 11) is 0. The van der Waals surface area contributed by atoms with Crippen LogP contribution in [0.3, 0.4) is 0 Å². The summed E-state index contributed by atoms with van der Waals surface area (Å²) in [4.78, 5) is 12.7. The van der Waals surface area contributed by atoms with Crippen molar-refractivity contribution >= 4 is 5.78 Å². The molecule has 0 atom stereocenters. The normalized spacial score (nSPS) is 11.9. The van der Waals surface area contributed by atoms with E-state index in [1.165, 1.54) is 0 Å². The van der Waals surface area contributed by atoms with Gasteiger partial charge in [-0.05, 0) is 90.1 Å². The van der Waals surface area contributed by atoms with Crippen LogP contribution < -0.4 is 9.47 Å². The molecule has 2 aromatic rings. The second-order valence-corrected chi connectivity index (χ2v) is 9.00. The highest BCUT2D eigenvalue weighted by Gasteiger charge is 2.12. The highest BCUT2D eigenvalue weighted by atomic mass is 16.5. The first-order valence-electron chi connectivity index (χ1n) is 10.3. The van der Waals surface area contributed by atoms with Crippen molar-refractivity contribution in [2.24, 2.45) is 0 Å². The molecule has 0 aliphatic heterocycles. The SMILES string of the molecule is CC(C)(C)OCCOc1ccc(C(=O)c2ccc(OCCOC(C)(C)C)cc2)cc1. The van der Waals surface area contributed by atoms with Crippen LogP contribution in [0.4, 0.5) is 0 Å². The monoisotopic (exact) mass is 414 g/mol. The fourth-order valence-corrected chi connectivity index (χ4v) is 2.59. The molecule has 2 aromatic carbocycles. The molecule has 0 heterocycles. The van der Waals surface area contributed by atoms with Gasteiger partial charge < -0.3 is 18.9 Å². The van der Waals surface area contributed by atoms with Gasteiger partial charge in [-0.25, -0.2) is 0 Å². The standard InChI is InChI=1S/C25H34O5/c1-24(2,3)29-17-15-27-21-11-7-19(8-12-21)23(26)20-9-13-22(14-10-20)28-16-18-30-25(4,5)6/h7-14H,15-18H2,1-6H3.